The third-order valence-electron chi connectivity index (χ3n) is 2.09. The Hall–Kier alpha value is -1.000. The van der Waals surface area contributed by atoms with Crippen LogP contribution in [0.25, 0.3) is 0 Å². The number of halogens is 2. The van der Waals surface area contributed by atoms with Gasteiger partial charge in [0.25, 0.3) is 5.69 Å². The molecule has 24 heavy (non-hydrogen) atoms. The van der Waals surface area contributed by atoms with E-state index in [0.717, 1.165) is 17.4 Å². The van der Waals surface area contributed by atoms with Crippen LogP contribution < -0.4 is 16.0 Å². The zero-order valence-electron chi connectivity index (χ0n) is 11.2. The van der Waals surface area contributed by atoms with E-state index in [9.17, 15) is 26.9 Å². The molecule has 0 amide bonds. The average molecular weight is 455 g/mol. The maximum Gasteiger partial charge on any atom is 0.300 e. The number of anilines is 1. The topological polar surface area (TPSA) is 189 Å². The van der Waals surface area contributed by atoms with Crippen molar-refractivity contribution in [1.82, 2.24) is 0 Å². The lowest BCUT2D eigenvalue weighted by molar-refractivity contribution is -0.384. The number of nitrogens with two attached hydrogens (primary N) is 3. The molecule has 0 aliphatic rings. The Balaban J connectivity index is 0.000000243. The van der Waals surface area contributed by atoms with E-state index in [1.807, 2.05) is 0 Å². The molecule has 0 atom stereocenters. The molecule has 6 N–H and O–H groups in total. The van der Waals surface area contributed by atoms with Crippen molar-refractivity contribution < 1.29 is 21.8 Å². The van der Waals surface area contributed by atoms with Crippen LogP contribution in [-0.4, -0.2) is 21.8 Å². The summed E-state index contributed by atoms with van der Waals surface area (Å²) in [5, 5.41) is 19.8. The zero-order chi connectivity index (χ0) is 18.9. The molecule has 2 aromatic heterocycles. The van der Waals surface area contributed by atoms with E-state index >= 15 is 0 Å². The number of nitrogens with zero attached hydrogens (tertiary/aromatic N) is 1. The molecule has 2 rings (SSSR count). The zero-order valence-corrected chi connectivity index (χ0v) is 16.0. The average Bonchev–Trinajstić information content (AvgIpc) is 2.93. The number of sulfonamides is 2. The quantitative estimate of drug-likeness (QED) is 0.462. The fourth-order valence-corrected chi connectivity index (χ4v) is 5.18. The van der Waals surface area contributed by atoms with Gasteiger partial charge in [0.05, 0.1) is 10.6 Å². The number of nitrogen functional groups attached to an aromatic ring is 1. The highest BCUT2D eigenvalue weighted by Crippen LogP contribution is 2.35. The van der Waals surface area contributed by atoms with Crippen LogP contribution in [0.2, 0.25) is 8.67 Å². The molecule has 0 bridgehead atoms. The van der Waals surface area contributed by atoms with E-state index < -0.39 is 30.7 Å². The lowest BCUT2D eigenvalue weighted by Crippen LogP contribution is -2.09. The number of thiophene rings is 2. The lowest BCUT2D eigenvalue weighted by atomic mass is 10.6. The van der Waals surface area contributed by atoms with Crippen LogP contribution in [0.5, 0.6) is 0 Å². The fraction of sp³-hybridized carbons (Fsp3) is 0. The van der Waals surface area contributed by atoms with Gasteiger partial charge in [-0.1, -0.05) is 23.2 Å². The summed E-state index contributed by atoms with van der Waals surface area (Å²) >= 11 is 12.3. The van der Waals surface area contributed by atoms with Gasteiger partial charge in [0.1, 0.15) is 12.8 Å². The molecule has 134 valence electrons. The highest BCUT2D eigenvalue weighted by atomic mass is 35.5. The van der Waals surface area contributed by atoms with Gasteiger partial charge in [-0.3, -0.25) is 10.1 Å². The molecular formula is C8H8Cl2N4O6S4. The summed E-state index contributed by atoms with van der Waals surface area (Å²) in [5.41, 5.74) is 5.08. The first kappa shape index (κ1) is 21.0. The third-order valence-corrected chi connectivity index (χ3v) is 7.66. The molecule has 0 radical (unpaired) electrons. The van der Waals surface area contributed by atoms with E-state index in [-0.39, 0.29) is 22.8 Å². The third kappa shape index (κ3) is 5.52. The molecule has 0 saturated heterocycles. The lowest BCUT2D eigenvalue weighted by Gasteiger charge is -1.86. The number of hydrogen-bond acceptors (Lipinski definition) is 9. The number of hydrogen-bond donors (Lipinski definition) is 3. The maximum absolute atomic E-state index is 10.7. The van der Waals surface area contributed by atoms with Gasteiger partial charge in [-0.25, -0.2) is 27.1 Å². The minimum Gasteiger partial charge on any atom is -0.397 e. The molecule has 0 unspecified atom stereocenters. The van der Waals surface area contributed by atoms with Crippen molar-refractivity contribution in [3.63, 3.8) is 0 Å². The van der Waals surface area contributed by atoms with Gasteiger partial charge in [-0.15, -0.1) is 22.7 Å². The minimum absolute atomic E-state index is 0.0139. The molecular weight excluding hydrogens is 447 g/mol. The summed E-state index contributed by atoms with van der Waals surface area (Å²) in [5.74, 6) is 0. The minimum atomic E-state index is -3.91. The molecule has 0 fully saturated rings. The van der Waals surface area contributed by atoms with Gasteiger partial charge in [0.15, 0.2) is 4.34 Å². The van der Waals surface area contributed by atoms with Crippen LogP contribution in [0.3, 0.4) is 0 Å². The van der Waals surface area contributed by atoms with Crippen molar-refractivity contribution in [2.24, 2.45) is 10.3 Å². The van der Waals surface area contributed by atoms with Gasteiger partial charge in [0.2, 0.25) is 20.0 Å². The van der Waals surface area contributed by atoms with Gasteiger partial charge in [-0.05, 0) is 6.07 Å². The van der Waals surface area contributed by atoms with Gasteiger partial charge >= 0.3 is 0 Å². The second-order valence-corrected chi connectivity index (χ2v) is 10.8. The maximum atomic E-state index is 10.7. The highest BCUT2D eigenvalue weighted by molar-refractivity contribution is 7.91. The molecule has 16 heteroatoms. The van der Waals surface area contributed by atoms with Crippen LogP contribution >= 0.6 is 45.9 Å². The predicted molar refractivity (Wildman–Crippen MR) is 92.5 cm³/mol. The van der Waals surface area contributed by atoms with Crippen LogP contribution in [-0.2, 0) is 20.0 Å². The van der Waals surface area contributed by atoms with Crippen molar-refractivity contribution in [3.05, 3.63) is 30.9 Å². The van der Waals surface area contributed by atoms with Crippen molar-refractivity contribution in [2.75, 3.05) is 5.73 Å². The molecule has 0 aromatic carbocycles. The van der Waals surface area contributed by atoms with Crippen LogP contribution in [0.15, 0.2) is 20.6 Å². The molecule has 0 aliphatic heterocycles. The SMILES string of the molecule is NS(=O)(=O)c1cc([N+](=O)[O-])c(Cl)s1.Nc1cc(S(N)(=O)=O)sc1Cl. The van der Waals surface area contributed by atoms with E-state index in [1.165, 1.54) is 6.07 Å². The second kappa shape index (κ2) is 7.49. The van der Waals surface area contributed by atoms with E-state index in [4.69, 9.17) is 39.2 Å². The van der Waals surface area contributed by atoms with Gasteiger partial charge in [-0.2, -0.15) is 0 Å². The van der Waals surface area contributed by atoms with Crippen LogP contribution in [0.4, 0.5) is 11.4 Å². The Morgan fingerprint density at radius 3 is 1.58 bits per heavy atom. The highest BCUT2D eigenvalue weighted by Gasteiger charge is 2.22. The van der Waals surface area contributed by atoms with Gasteiger partial charge in [0, 0.05) is 6.07 Å². The summed E-state index contributed by atoms with van der Waals surface area (Å²) in [6.45, 7) is 0. The molecule has 0 saturated carbocycles. The Labute approximate surface area is 154 Å². The number of nitro groups is 1. The molecule has 2 heterocycles. The summed E-state index contributed by atoms with van der Waals surface area (Å²) in [6, 6.07) is 2.07. The Morgan fingerprint density at radius 1 is 0.958 bits per heavy atom. The molecule has 2 aromatic rings. The monoisotopic (exact) mass is 454 g/mol. The molecule has 0 aliphatic carbocycles. The smallest absolute Gasteiger partial charge is 0.300 e. The fourth-order valence-electron chi connectivity index (χ4n) is 1.10. The predicted octanol–water partition coefficient (Wildman–Crippen LogP) is 1.59. The van der Waals surface area contributed by atoms with E-state index in [1.54, 1.807) is 0 Å². The summed E-state index contributed by atoms with van der Waals surface area (Å²) < 4.78 is 42.5. The van der Waals surface area contributed by atoms with Crippen molar-refractivity contribution in [3.8, 4) is 0 Å². The molecule has 0 spiro atoms. The summed E-state index contributed by atoms with van der Waals surface area (Å²) in [4.78, 5) is 9.48. The van der Waals surface area contributed by atoms with Crippen LogP contribution in [0.1, 0.15) is 0 Å². The van der Waals surface area contributed by atoms with Crippen molar-refractivity contribution in [1.29, 1.82) is 0 Å². The largest absolute Gasteiger partial charge is 0.397 e. The molecule has 10 nitrogen and oxygen atoms in total. The van der Waals surface area contributed by atoms with Gasteiger partial charge < -0.3 is 5.73 Å². The Bertz CT molecular complexity index is 961. The first-order chi connectivity index (χ1) is 10.7. The van der Waals surface area contributed by atoms with Crippen LogP contribution in [0, 0.1) is 10.1 Å². The first-order valence-corrected chi connectivity index (χ1v) is 10.8. The normalized spacial score (nSPS) is 11.7. The summed E-state index contributed by atoms with van der Waals surface area (Å²) in [7, 11) is -7.56. The second-order valence-electron chi connectivity index (χ2n) is 3.87. The van der Waals surface area contributed by atoms with Crippen molar-refractivity contribution >= 4 is 77.3 Å². The summed E-state index contributed by atoms with van der Waals surface area (Å²) in [6.07, 6.45) is 0. The standard InChI is InChI=1S/C4H3ClN2O4S2.C4H5ClN2O2S2/c5-4-2(7(8)9)1-3(12-4)13(6,10)11;5-4-2(6)1-3(10-4)11(7,8)9/h1H,(H2,6,10,11);1H,6H2,(H2,7,8,9). The number of rotatable bonds is 3. The van der Waals surface area contributed by atoms with E-state index in [0.29, 0.717) is 11.3 Å². The first-order valence-electron chi connectivity index (χ1n) is 5.27. The van der Waals surface area contributed by atoms with E-state index in [2.05, 4.69) is 0 Å². The number of primary sulfonamides is 2. The van der Waals surface area contributed by atoms with Crippen molar-refractivity contribution in [2.45, 2.75) is 8.42 Å². The Morgan fingerprint density at radius 2 is 1.38 bits per heavy atom. The Kier molecular flexibility index (Phi) is 6.56.